The van der Waals surface area contributed by atoms with E-state index in [2.05, 4.69) is 0 Å². The van der Waals surface area contributed by atoms with Crippen molar-refractivity contribution in [3.05, 3.63) is 0 Å². The van der Waals surface area contributed by atoms with Crippen LogP contribution in [0, 0.1) is 0 Å². The summed E-state index contributed by atoms with van der Waals surface area (Å²) in [5.41, 5.74) is 0. The molecule has 0 amide bonds. The monoisotopic (exact) mass is 328 g/mol. The first-order chi connectivity index (χ1) is 1.73. The quantitative estimate of drug-likeness (QED) is 0.538. The zero-order valence-electron chi connectivity index (χ0n) is 5.01. The van der Waals surface area contributed by atoms with Gasteiger partial charge in [-0.3, -0.25) is 0 Å². The Bertz CT molecular complexity index is 40.3. The predicted molar refractivity (Wildman–Crippen MR) is 13.1 cm³/mol. The van der Waals surface area contributed by atoms with Crippen LogP contribution in [-0.2, 0) is 48.1 Å². The van der Waals surface area contributed by atoms with E-state index >= 15 is 0 Å². The summed E-state index contributed by atoms with van der Waals surface area (Å²) in [5, 5.41) is 0. The Morgan fingerprint density at radius 2 is 1.50 bits per heavy atom. The summed E-state index contributed by atoms with van der Waals surface area (Å²) >= 11 is -3.58. The van der Waals surface area contributed by atoms with Gasteiger partial charge in [-0.2, -0.15) is 0 Å². The van der Waals surface area contributed by atoms with E-state index < -0.39 is 18.6 Å². The number of rotatable bonds is 0. The van der Waals surface area contributed by atoms with Crippen molar-refractivity contribution < 1.29 is 58.4 Å². The summed E-state index contributed by atoms with van der Waals surface area (Å²) in [6.45, 7) is 0. The molecule has 6 heteroatoms. The standard InChI is InChI=1S/Ba.2H2O.O.Ti.Zr.2H/h;2*1H2;;;;;/q+2;;;;+2;;2*-1/p-2. The third kappa shape index (κ3) is 28.6. The first kappa shape index (κ1) is 16.0. The first-order valence-electron chi connectivity index (χ1n) is 0.651. The molecule has 0 atom stereocenters. The maximum absolute atomic E-state index is 8.81. The van der Waals surface area contributed by atoms with Crippen LogP contribution < -0.4 is 0 Å². The molecule has 0 rings (SSSR count). The molecule has 3 nitrogen and oxygen atoms in total. The SMILES string of the molecule is [Ba+2].[H-].[H-].[O]=[Ti]([OH])[OH].[Zr]. The van der Waals surface area contributed by atoms with Gasteiger partial charge < -0.3 is 2.85 Å². The normalized spacial score (nSPS) is 4.33. The van der Waals surface area contributed by atoms with E-state index in [0.717, 1.165) is 0 Å². The molecule has 0 aromatic rings. The van der Waals surface area contributed by atoms with E-state index in [1.54, 1.807) is 0 Å². The fraction of sp³-hybridized carbons (Fsp3) is 0. The molecule has 0 aliphatic heterocycles. The van der Waals surface area contributed by atoms with Crippen LogP contribution in [0.1, 0.15) is 2.85 Å². The third-order valence-corrected chi connectivity index (χ3v) is 0. The minimum absolute atomic E-state index is 0. The minimum Gasteiger partial charge on any atom is 0 e. The van der Waals surface area contributed by atoms with Crippen molar-refractivity contribution in [2.75, 3.05) is 0 Å². The summed E-state index contributed by atoms with van der Waals surface area (Å²) in [6, 6.07) is 0. The van der Waals surface area contributed by atoms with E-state index in [9.17, 15) is 0 Å². The Morgan fingerprint density at radius 3 is 1.50 bits per heavy atom. The second-order valence-electron chi connectivity index (χ2n) is 0.283. The van der Waals surface area contributed by atoms with E-state index in [4.69, 9.17) is 10.7 Å². The molecule has 0 fully saturated rings. The van der Waals surface area contributed by atoms with Crippen LogP contribution in [0.25, 0.3) is 0 Å². The second-order valence-corrected chi connectivity index (χ2v) is 1.17. The van der Waals surface area contributed by atoms with Crippen LogP contribution in [0.5, 0.6) is 0 Å². The summed E-state index contributed by atoms with van der Waals surface area (Å²) < 4.78 is 23.2. The van der Waals surface area contributed by atoms with E-state index in [1.807, 2.05) is 0 Å². The van der Waals surface area contributed by atoms with Gasteiger partial charge in [-0.05, 0) is 0 Å². The zero-order chi connectivity index (χ0) is 3.58. The van der Waals surface area contributed by atoms with Crippen molar-refractivity contribution in [1.29, 1.82) is 0 Å². The molecular weight excluding hydrogens is 324 g/mol. The van der Waals surface area contributed by atoms with E-state index in [-0.39, 0.29) is 77.9 Å². The van der Waals surface area contributed by atoms with Crippen molar-refractivity contribution >= 4 is 48.9 Å². The Hall–Kier alpha value is 2.89. The van der Waals surface area contributed by atoms with Crippen LogP contribution in [-0.4, -0.2) is 56.3 Å². The average Bonchev–Trinajstić information content (AvgIpc) is 0.811. The van der Waals surface area contributed by atoms with Crippen molar-refractivity contribution in [2.45, 2.75) is 0 Å². The summed E-state index contributed by atoms with van der Waals surface area (Å²) in [6.07, 6.45) is 0. The fourth-order valence-electron chi connectivity index (χ4n) is 0. The Morgan fingerprint density at radius 1 is 1.50 bits per heavy atom. The first-order valence-corrected chi connectivity index (χ1v) is 2.69. The van der Waals surface area contributed by atoms with Crippen molar-refractivity contribution in [3.8, 4) is 0 Å². The molecular formula is H4BaO3TiZr. The molecule has 0 saturated heterocycles. The van der Waals surface area contributed by atoms with Gasteiger partial charge in [0.25, 0.3) is 0 Å². The summed E-state index contributed by atoms with van der Waals surface area (Å²) in [7, 11) is 0. The van der Waals surface area contributed by atoms with Gasteiger partial charge >= 0.3 is 78.2 Å². The van der Waals surface area contributed by atoms with Crippen molar-refractivity contribution in [1.82, 2.24) is 0 Å². The van der Waals surface area contributed by atoms with E-state index in [1.165, 1.54) is 0 Å². The van der Waals surface area contributed by atoms with Crippen LogP contribution in [0.3, 0.4) is 0 Å². The predicted octanol–water partition coefficient (Wildman–Crippen LogP) is -1.39. The maximum atomic E-state index is 8.81. The van der Waals surface area contributed by atoms with Crippen LogP contribution in [0.15, 0.2) is 0 Å². The summed E-state index contributed by atoms with van der Waals surface area (Å²) in [5.74, 6) is 0. The van der Waals surface area contributed by atoms with Gasteiger partial charge in [0.1, 0.15) is 0 Å². The van der Waals surface area contributed by atoms with Gasteiger partial charge in [0.05, 0.1) is 0 Å². The molecule has 0 spiro atoms. The zero-order valence-corrected chi connectivity index (χ0v) is 11.5. The molecule has 0 aromatic carbocycles. The van der Waals surface area contributed by atoms with Gasteiger partial charge in [-0.15, -0.1) is 0 Å². The van der Waals surface area contributed by atoms with Gasteiger partial charge in [-0.1, -0.05) is 0 Å². The molecule has 0 aromatic heterocycles. The summed E-state index contributed by atoms with van der Waals surface area (Å²) in [4.78, 5) is 0. The van der Waals surface area contributed by atoms with Gasteiger partial charge in [-0.25, -0.2) is 0 Å². The molecule has 0 heterocycles. The fourth-order valence-corrected chi connectivity index (χ4v) is 0. The molecule has 6 heavy (non-hydrogen) atoms. The number of hydrogen-bond acceptors (Lipinski definition) is 1. The van der Waals surface area contributed by atoms with Crippen LogP contribution in [0.2, 0.25) is 0 Å². The van der Waals surface area contributed by atoms with Crippen LogP contribution in [0.4, 0.5) is 0 Å². The van der Waals surface area contributed by atoms with Crippen LogP contribution >= 0.6 is 0 Å². The van der Waals surface area contributed by atoms with Gasteiger partial charge in [0, 0.05) is 26.2 Å². The number of hydrogen-bond donors (Lipinski definition) is 2. The molecule has 2 N–H and O–H groups in total. The van der Waals surface area contributed by atoms with E-state index in [0.29, 0.717) is 0 Å². The smallest absolute Gasteiger partial charge is 0 e. The third-order valence-electron chi connectivity index (χ3n) is 0. The Balaban J connectivity index is -0.00000000750. The molecule has 0 aliphatic rings. The molecule has 0 unspecified atom stereocenters. The topological polar surface area (TPSA) is 57.5 Å². The van der Waals surface area contributed by atoms with Crippen molar-refractivity contribution in [3.63, 3.8) is 0 Å². The van der Waals surface area contributed by atoms with Gasteiger partial charge in [0.15, 0.2) is 0 Å². The molecule has 32 valence electrons. The second kappa shape index (κ2) is 10.8. The molecule has 0 bridgehead atoms. The molecule has 0 saturated carbocycles. The van der Waals surface area contributed by atoms with Crippen molar-refractivity contribution in [2.24, 2.45) is 0 Å². The average molecular weight is 328 g/mol. The minimum atomic E-state index is -3.58. The molecule has 0 radical (unpaired) electrons. The Labute approximate surface area is 105 Å². The molecule has 0 aliphatic carbocycles. The largest absolute Gasteiger partial charge is 0 e. The maximum Gasteiger partial charge on any atom is 0 e. The van der Waals surface area contributed by atoms with Gasteiger partial charge in [0.2, 0.25) is 0 Å². The Kier molecular flexibility index (Phi) is 28.7.